The predicted octanol–water partition coefficient (Wildman–Crippen LogP) is 9.12. The van der Waals surface area contributed by atoms with Crippen molar-refractivity contribution in [1.82, 2.24) is 15.8 Å². The summed E-state index contributed by atoms with van der Waals surface area (Å²) < 4.78 is 27.0. The maximum absolute atomic E-state index is 14.9. The molecule has 4 aromatic rings. The van der Waals surface area contributed by atoms with Crippen molar-refractivity contribution in [3.8, 4) is 11.5 Å². The van der Waals surface area contributed by atoms with E-state index in [9.17, 15) is 14.2 Å². The summed E-state index contributed by atoms with van der Waals surface area (Å²) in [4.78, 5) is 27.5. The van der Waals surface area contributed by atoms with Crippen LogP contribution in [0.3, 0.4) is 0 Å². The van der Waals surface area contributed by atoms with Crippen molar-refractivity contribution >= 4 is 42.7 Å². The SMILES string of the molecule is Cc1cc(C)cc(C(=O)N(NC(=O)NC(c2ccc(Cl)cc2Cl)P(=O)(Oc2ccccc2)Oc2ccccc2)C(C)(C)C)c1. The third kappa shape index (κ3) is 8.35. The minimum absolute atomic E-state index is 0.121. The number of hydrogen-bond acceptors (Lipinski definition) is 5. The van der Waals surface area contributed by atoms with Gasteiger partial charge in [-0.15, -0.1) is 0 Å². The fourth-order valence-corrected chi connectivity index (χ4v) is 6.95. The molecule has 0 saturated heterocycles. The molecule has 0 aliphatic rings. The van der Waals surface area contributed by atoms with Gasteiger partial charge in [0.05, 0.1) is 5.54 Å². The van der Waals surface area contributed by atoms with E-state index in [2.05, 4.69) is 10.7 Å². The molecule has 8 nitrogen and oxygen atoms in total. The molecule has 1 unspecified atom stereocenters. The lowest BCUT2D eigenvalue weighted by molar-refractivity contribution is 0.0449. The molecule has 0 saturated carbocycles. The molecule has 0 aliphatic heterocycles. The highest BCUT2D eigenvalue weighted by atomic mass is 35.5. The molecule has 0 aliphatic carbocycles. The molecule has 44 heavy (non-hydrogen) atoms. The Labute approximate surface area is 267 Å². The van der Waals surface area contributed by atoms with E-state index in [1.807, 2.05) is 19.9 Å². The average Bonchev–Trinajstić information content (AvgIpc) is 2.94. The second-order valence-corrected chi connectivity index (χ2v) is 14.0. The number of aryl methyl sites for hydroxylation is 2. The first-order valence-electron chi connectivity index (χ1n) is 13.8. The zero-order valence-electron chi connectivity index (χ0n) is 25.0. The maximum atomic E-state index is 14.9. The lowest BCUT2D eigenvalue weighted by Crippen LogP contribution is -2.58. The summed E-state index contributed by atoms with van der Waals surface area (Å²) in [5.41, 5.74) is 4.25. The van der Waals surface area contributed by atoms with Gasteiger partial charge in [0.2, 0.25) is 0 Å². The number of para-hydroxylation sites is 2. The van der Waals surface area contributed by atoms with Gasteiger partial charge in [0, 0.05) is 21.2 Å². The zero-order valence-corrected chi connectivity index (χ0v) is 27.4. The van der Waals surface area contributed by atoms with Crippen molar-refractivity contribution in [1.29, 1.82) is 0 Å². The molecular weight excluding hydrogens is 620 g/mol. The number of hydrogen-bond donors (Lipinski definition) is 2. The molecule has 0 bridgehead atoms. The maximum Gasteiger partial charge on any atom is 0.457 e. The Morgan fingerprint density at radius 3 is 1.80 bits per heavy atom. The quantitative estimate of drug-likeness (QED) is 0.146. The van der Waals surface area contributed by atoms with E-state index in [-0.39, 0.29) is 22.1 Å². The number of carbonyl (C=O) groups excluding carboxylic acids is 2. The summed E-state index contributed by atoms with van der Waals surface area (Å²) in [6.45, 7) is 9.13. The van der Waals surface area contributed by atoms with Crippen LogP contribution in [0.1, 0.15) is 53.6 Å². The molecule has 0 spiro atoms. The molecule has 2 N–H and O–H groups in total. The first-order chi connectivity index (χ1) is 20.7. The number of halogens is 2. The number of benzene rings is 4. The number of rotatable bonds is 8. The van der Waals surface area contributed by atoms with Gasteiger partial charge in [0.25, 0.3) is 5.91 Å². The monoisotopic (exact) mass is 653 g/mol. The van der Waals surface area contributed by atoms with Crippen LogP contribution in [0.4, 0.5) is 4.79 Å². The molecule has 11 heteroatoms. The van der Waals surface area contributed by atoms with E-state index in [4.69, 9.17) is 32.2 Å². The Hall–Kier alpha value is -3.97. The summed E-state index contributed by atoms with van der Waals surface area (Å²) in [7, 11) is -4.37. The molecule has 230 valence electrons. The lowest BCUT2D eigenvalue weighted by Gasteiger charge is -2.36. The summed E-state index contributed by atoms with van der Waals surface area (Å²) >= 11 is 12.8. The minimum atomic E-state index is -4.37. The number of carbonyl (C=O) groups is 2. The van der Waals surface area contributed by atoms with Gasteiger partial charge in [0.1, 0.15) is 11.5 Å². The molecule has 0 heterocycles. The van der Waals surface area contributed by atoms with E-state index >= 15 is 0 Å². The molecule has 0 radical (unpaired) electrons. The standard InChI is InChI=1S/C33H34Cl2N3O5P/c1-22-18-23(2)20-24(19-22)31(39)38(33(3,4)5)37-32(40)36-30(28-17-16-25(34)21-29(28)35)44(41,42-26-12-8-6-9-13-26)43-27-14-10-7-11-15-27/h6-21,30H,1-5H3,(H2,36,37,40). The van der Waals surface area contributed by atoms with Gasteiger partial charge < -0.3 is 14.4 Å². The van der Waals surface area contributed by atoms with Gasteiger partial charge in [-0.2, -0.15) is 0 Å². The number of amides is 3. The Kier molecular flexibility index (Phi) is 10.3. The van der Waals surface area contributed by atoms with Gasteiger partial charge in [-0.1, -0.05) is 82.9 Å². The van der Waals surface area contributed by atoms with Gasteiger partial charge in [-0.05, 0) is 83.1 Å². The van der Waals surface area contributed by atoms with Crippen molar-refractivity contribution in [2.45, 2.75) is 45.9 Å². The normalized spacial score (nSPS) is 12.2. The van der Waals surface area contributed by atoms with Crippen molar-refractivity contribution in [2.24, 2.45) is 0 Å². The molecule has 0 aromatic heterocycles. The molecule has 4 rings (SSSR count). The van der Waals surface area contributed by atoms with Crippen LogP contribution in [0.2, 0.25) is 10.0 Å². The third-order valence-electron chi connectivity index (χ3n) is 6.35. The molecular formula is C33H34Cl2N3O5P. The van der Waals surface area contributed by atoms with Crippen molar-refractivity contribution in [3.63, 3.8) is 0 Å². The van der Waals surface area contributed by atoms with Gasteiger partial charge in [-0.3, -0.25) is 4.79 Å². The fraction of sp³-hybridized carbons (Fsp3) is 0.212. The van der Waals surface area contributed by atoms with E-state index in [0.717, 1.165) is 11.1 Å². The van der Waals surface area contributed by atoms with E-state index in [1.165, 1.54) is 17.1 Å². The largest absolute Gasteiger partial charge is 0.457 e. The molecule has 0 fully saturated rings. The summed E-state index contributed by atoms with van der Waals surface area (Å²) in [5, 5.41) is 4.40. The number of hydrazine groups is 1. The number of urea groups is 1. The van der Waals surface area contributed by atoms with E-state index < -0.39 is 30.9 Å². The molecule has 4 aromatic carbocycles. The summed E-state index contributed by atoms with van der Waals surface area (Å²) in [5.74, 6) is -1.38. The van der Waals surface area contributed by atoms with Crippen molar-refractivity contribution < 1.29 is 23.2 Å². The van der Waals surface area contributed by atoms with Crippen LogP contribution in [0.15, 0.2) is 97.1 Å². The zero-order chi connectivity index (χ0) is 32.1. The highest BCUT2D eigenvalue weighted by Crippen LogP contribution is 2.60. The van der Waals surface area contributed by atoms with Crippen LogP contribution >= 0.6 is 30.8 Å². The Morgan fingerprint density at radius 2 is 1.32 bits per heavy atom. The predicted molar refractivity (Wildman–Crippen MR) is 174 cm³/mol. The van der Waals surface area contributed by atoms with Crippen molar-refractivity contribution in [2.75, 3.05) is 0 Å². The van der Waals surface area contributed by atoms with E-state index in [0.29, 0.717) is 10.6 Å². The van der Waals surface area contributed by atoms with E-state index in [1.54, 1.807) is 99.6 Å². The number of nitrogens with one attached hydrogen (secondary N) is 2. The fourth-order valence-electron chi connectivity index (χ4n) is 4.44. The van der Waals surface area contributed by atoms with Crippen LogP contribution in [0.25, 0.3) is 0 Å². The third-order valence-corrected chi connectivity index (χ3v) is 8.88. The highest BCUT2D eigenvalue weighted by molar-refractivity contribution is 7.55. The number of nitrogens with zero attached hydrogens (tertiary/aromatic N) is 1. The van der Waals surface area contributed by atoms with Crippen molar-refractivity contribution in [3.05, 3.63) is 129 Å². The van der Waals surface area contributed by atoms with Crippen LogP contribution in [-0.4, -0.2) is 22.5 Å². The van der Waals surface area contributed by atoms with Gasteiger partial charge >= 0.3 is 13.6 Å². The first kappa shape index (κ1) is 32.9. The van der Waals surface area contributed by atoms with Crippen LogP contribution in [0, 0.1) is 13.8 Å². The average molecular weight is 655 g/mol. The Morgan fingerprint density at radius 1 is 0.795 bits per heavy atom. The van der Waals surface area contributed by atoms with Crippen LogP contribution in [-0.2, 0) is 4.57 Å². The second-order valence-electron chi connectivity index (χ2n) is 11.2. The van der Waals surface area contributed by atoms with Crippen LogP contribution < -0.4 is 19.8 Å². The molecule has 1 atom stereocenters. The van der Waals surface area contributed by atoms with Crippen LogP contribution in [0.5, 0.6) is 11.5 Å². The Bertz CT molecular complexity index is 1610. The lowest BCUT2D eigenvalue weighted by atomic mass is 10.0. The Balaban J connectivity index is 1.76. The topological polar surface area (TPSA) is 97.0 Å². The highest BCUT2D eigenvalue weighted by Gasteiger charge is 2.44. The smallest absolute Gasteiger partial charge is 0.414 e. The summed E-state index contributed by atoms with van der Waals surface area (Å²) in [6, 6.07) is 26.0. The molecule has 3 amide bonds. The van der Waals surface area contributed by atoms with Gasteiger partial charge in [0.15, 0.2) is 5.78 Å². The van der Waals surface area contributed by atoms with Gasteiger partial charge in [-0.25, -0.2) is 19.8 Å². The first-order valence-corrected chi connectivity index (χ1v) is 16.2. The second kappa shape index (κ2) is 13.8. The summed E-state index contributed by atoms with van der Waals surface area (Å²) in [6.07, 6.45) is 0. The minimum Gasteiger partial charge on any atom is -0.414 e.